The Labute approximate surface area is 80.0 Å². The zero-order valence-corrected chi connectivity index (χ0v) is 8.42. The van der Waals surface area contributed by atoms with Crippen LogP contribution in [0.5, 0.6) is 0 Å². The lowest BCUT2D eigenvalue weighted by Gasteiger charge is -2.03. The van der Waals surface area contributed by atoms with E-state index in [-0.39, 0.29) is 0 Å². The summed E-state index contributed by atoms with van der Waals surface area (Å²) in [4.78, 5) is 4.56. The molecule has 1 aliphatic heterocycles. The van der Waals surface area contributed by atoms with Gasteiger partial charge in [0.2, 0.25) is 0 Å². The number of hydrogen-bond acceptors (Lipinski definition) is 1. The van der Waals surface area contributed by atoms with Gasteiger partial charge in [-0.2, -0.15) is 0 Å². The van der Waals surface area contributed by atoms with Crippen molar-refractivity contribution >= 4 is 0 Å². The van der Waals surface area contributed by atoms with Gasteiger partial charge in [0, 0.05) is 19.2 Å². The molecule has 1 aromatic heterocycles. The van der Waals surface area contributed by atoms with E-state index < -0.39 is 0 Å². The fourth-order valence-corrected chi connectivity index (χ4v) is 2.09. The molecule has 2 nitrogen and oxygen atoms in total. The van der Waals surface area contributed by atoms with E-state index in [2.05, 4.69) is 22.7 Å². The van der Waals surface area contributed by atoms with Crippen molar-refractivity contribution in [2.45, 2.75) is 52.0 Å². The van der Waals surface area contributed by atoms with Gasteiger partial charge in [0.1, 0.15) is 5.82 Å². The topological polar surface area (TPSA) is 17.8 Å². The minimum atomic E-state index is 1.17. The van der Waals surface area contributed by atoms with Crippen LogP contribution in [0, 0.1) is 6.92 Å². The van der Waals surface area contributed by atoms with Crippen molar-refractivity contribution in [3.63, 3.8) is 0 Å². The summed E-state index contributed by atoms with van der Waals surface area (Å²) in [5, 5.41) is 0. The molecule has 0 spiro atoms. The van der Waals surface area contributed by atoms with Gasteiger partial charge in [-0.15, -0.1) is 0 Å². The average Bonchev–Trinajstić information content (AvgIpc) is 2.46. The van der Waals surface area contributed by atoms with Gasteiger partial charge in [-0.3, -0.25) is 0 Å². The molecule has 0 aliphatic carbocycles. The van der Waals surface area contributed by atoms with Gasteiger partial charge in [-0.25, -0.2) is 4.98 Å². The molecular formula is C11H18N2. The smallest absolute Gasteiger partial charge is 0.108 e. The summed E-state index contributed by atoms with van der Waals surface area (Å²) >= 11 is 0. The lowest BCUT2D eigenvalue weighted by Crippen LogP contribution is -2.01. The first kappa shape index (κ1) is 8.79. The molecule has 0 unspecified atom stereocenters. The lowest BCUT2D eigenvalue weighted by atomic mass is 10.1. The highest BCUT2D eigenvalue weighted by molar-refractivity contribution is 5.02. The van der Waals surface area contributed by atoms with Crippen LogP contribution in [0.15, 0.2) is 6.20 Å². The Balaban J connectivity index is 2.16. The molecule has 0 amide bonds. The molecule has 0 aromatic carbocycles. The third kappa shape index (κ3) is 2.11. The summed E-state index contributed by atoms with van der Waals surface area (Å²) in [5.74, 6) is 1.31. The van der Waals surface area contributed by atoms with Crippen LogP contribution in [0.4, 0.5) is 0 Å². The molecule has 0 N–H and O–H groups in total. The fraction of sp³-hybridized carbons (Fsp3) is 0.727. The highest BCUT2D eigenvalue weighted by Gasteiger charge is 2.06. The molecule has 0 radical (unpaired) electrons. The van der Waals surface area contributed by atoms with E-state index in [1.165, 1.54) is 56.6 Å². The van der Waals surface area contributed by atoms with Crippen molar-refractivity contribution in [2.24, 2.45) is 0 Å². The zero-order chi connectivity index (χ0) is 9.10. The highest BCUT2D eigenvalue weighted by Crippen LogP contribution is 2.14. The van der Waals surface area contributed by atoms with Crippen molar-refractivity contribution in [2.75, 3.05) is 0 Å². The molecule has 1 aromatic rings. The van der Waals surface area contributed by atoms with Crippen LogP contribution in [0.1, 0.15) is 43.6 Å². The molecule has 1 aliphatic rings. The minimum Gasteiger partial charge on any atom is -0.335 e. The van der Waals surface area contributed by atoms with Crippen molar-refractivity contribution in [1.82, 2.24) is 9.55 Å². The first-order chi connectivity index (χ1) is 6.36. The van der Waals surface area contributed by atoms with E-state index in [0.717, 1.165) is 0 Å². The van der Waals surface area contributed by atoms with E-state index in [1.807, 2.05) is 0 Å². The number of rotatable bonds is 0. The maximum absolute atomic E-state index is 4.56. The van der Waals surface area contributed by atoms with Crippen LogP contribution in [-0.2, 0) is 13.0 Å². The predicted octanol–water partition coefficient (Wildman–Crippen LogP) is 2.70. The summed E-state index contributed by atoms with van der Waals surface area (Å²) in [6, 6.07) is 0. The first-order valence-electron chi connectivity index (χ1n) is 5.39. The highest BCUT2D eigenvalue weighted by atomic mass is 15.1. The Morgan fingerprint density at radius 3 is 2.85 bits per heavy atom. The normalized spacial score (nSPS) is 18.5. The summed E-state index contributed by atoms with van der Waals surface area (Å²) in [6.45, 7) is 3.27. The van der Waals surface area contributed by atoms with Gasteiger partial charge in [-0.1, -0.05) is 19.3 Å². The van der Waals surface area contributed by atoms with Gasteiger partial charge in [0.25, 0.3) is 0 Å². The third-order valence-electron chi connectivity index (χ3n) is 2.78. The number of aryl methyl sites for hydroxylation is 3. The van der Waals surface area contributed by atoms with E-state index in [4.69, 9.17) is 0 Å². The molecule has 0 saturated heterocycles. The van der Waals surface area contributed by atoms with Crippen LogP contribution in [0.25, 0.3) is 0 Å². The second-order valence-electron chi connectivity index (χ2n) is 4.01. The quantitative estimate of drug-likeness (QED) is 0.597. The van der Waals surface area contributed by atoms with Crippen molar-refractivity contribution in [3.8, 4) is 0 Å². The standard InChI is InChI=1S/C11H18N2/c1-10-9-13-8-6-4-2-3-5-7-11(13)12-10/h9H,2-8H2,1H3. The van der Waals surface area contributed by atoms with Crippen LogP contribution < -0.4 is 0 Å². The zero-order valence-electron chi connectivity index (χ0n) is 8.42. The number of imidazole rings is 1. The Hall–Kier alpha value is -0.790. The predicted molar refractivity (Wildman–Crippen MR) is 53.8 cm³/mol. The summed E-state index contributed by atoms with van der Waals surface area (Å²) in [5.41, 5.74) is 1.18. The largest absolute Gasteiger partial charge is 0.335 e. The number of hydrogen-bond donors (Lipinski definition) is 0. The molecule has 2 rings (SSSR count). The Bertz CT molecular complexity index is 250. The lowest BCUT2D eigenvalue weighted by molar-refractivity contribution is 0.585. The number of aromatic nitrogens is 2. The van der Waals surface area contributed by atoms with Crippen molar-refractivity contribution in [3.05, 3.63) is 17.7 Å². The molecule has 13 heavy (non-hydrogen) atoms. The second kappa shape index (κ2) is 3.95. The van der Waals surface area contributed by atoms with Crippen LogP contribution in [0.2, 0.25) is 0 Å². The molecular weight excluding hydrogens is 160 g/mol. The molecule has 2 heteroatoms. The number of nitrogens with zero attached hydrogens (tertiary/aromatic N) is 2. The van der Waals surface area contributed by atoms with E-state index >= 15 is 0 Å². The van der Waals surface area contributed by atoms with Crippen LogP contribution in [0.3, 0.4) is 0 Å². The summed E-state index contributed by atoms with van der Waals surface area (Å²) in [6.07, 6.45) is 10.2. The number of fused-ring (bicyclic) bond motifs is 1. The van der Waals surface area contributed by atoms with E-state index in [1.54, 1.807) is 0 Å². The Morgan fingerprint density at radius 2 is 1.92 bits per heavy atom. The maximum Gasteiger partial charge on any atom is 0.108 e. The maximum atomic E-state index is 4.56. The van der Waals surface area contributed by atoms with Crippen molar-refractivity contribution in [1.29, 1.82) is 0 Å². The molecule has 0 saturated carbocycles. The van der Waals surface area contributed by atoms with Crippen LogP contribution in [-0.4, -0.2) is 9.55 Å². The van der Waals surface area contributed by atoms with Crippen molar-refractivity contribution < 1.29 is 0 Å². The average molecular weight is 178 g/mol. The van der Waals surface area contributed by atoms with Gasteiger partial charge in [0.05, 0.1) is 5.69 Å². The van der Waals surface area contributed by atoms with E-state index in [0.29, 0.717) is 0 Å². The second-order valence-corrected chi connectivity index (χ2v) is 4.01. The molecule has 0 atom stereocenters. The first-order valence-corrected chi connectivity index (χ1v) is 5.39. The van der Waals surface area contributed by atoms with Gasteiger partial charge < -0.3 is 4.57 Å². The fourth-order valence-electron chi connectivity index (χ4n) is 2.09. The molecule has 0 bridgehead atoms. The SMILES string of the molecule is Cc1cn2c(n1)CCCCCCC2. The summed E-state index contributed by atoms with van der Waals surface area (Å²) < 4.78 is 2.35. The third-order valence-corrected chi connectivity index (χ3v) is 2.78. The molecule has 72 valence electrons. The monoisotopic (exact) mass is 178 g/mol. The Morgan fingerprint density at radius 1 is 1.15 bits per heavy atom. The van der Waals surface area contributed by atoms with Gasteiger partial charge in [-0.05, 0) is 19.8 Å². The van der Waals surface area contributed by atoms with Gasteiger partial charge in [0.15, 0.2) is 0 Å². The van der Waals surface area contributed by atoms with Crippen LogP contribution >= 0.6 is 0 Å². The minimum absolute atomic E-state index is 1.17. The summed E-state index contributed by atoms with van der Waals surface area (Å²) in [7, 11) is 0. The van der Waals surface area contributed by atoms with Gasteiger partial charge >= 0.3 is 0 Å². The van der Waals surface area contributed by atoms with E-state index in [9.17, 15) is 0 Å². The molecule has 0 fully saturated rings. The molecule has 2 heterocycles. The Kier molecular flexibility index (Phi) is 2.67.